The van der Waals surface area contributed by atoms with Crippen LogP contribution in [0.15, 0.2) is 23.1 Å². The lowest BCUT2D eigenvalue weighted by Gasteiger charge is -2.35. The van der Waals surface area contributed by atoms with E-state index in [2.05, 4.69) is 5.32 Å². The highest BCUT2D eigenvalue weighted by molar-refractivity contribution is 7.90. The number of hydrogen-bond donors (Lipinski definition) is 1. The number of benzene rings is 1. The van der Waals surface area contributed by atoms with E-state index in [1.807, 2.05) is 18.7 Å². The van der Waals surface area contributed by atoms with E-state index < -0.39 is 20.4 Å². The number of nitrogens with one attached hydrogen (secondary N) is 1. The maximum absolute atomic E-state index is 11.9. The Bertz CT molecular complexity index is 776. The molecule has 1 aromatic rings. The first-order valence-corrected chi connectivity index (χ1v) is 10.0. The zero-order valence-electron chi connectivity index (χ0n) is 14.6. The van der Waals surface area contributed by atoms with Crippen LogP contribution in [0.4, 0.5) is 11.4 Å². The van der Waals surface area contributed by atoms with E-state index in [1.54, 1.807) is 6.07 Å². The van der Waals surface area contributed by atoms with Crippen molar-refractivity contribution in [2.75, 3.05) is 24.2 Å². The SMILES string of the molecule is CC(C)C(=O)NC1CCCN(c2ccc([N+](=O)[O-])c(S(C)(=O)=O)c2)C1. The third kappa shape index (κ3) is 4.68. The molecule has 1 unspecified atom stereocenters. The zero-order chi connectivity index (χ0) is 18.8. The second-order valence-corrected chi connectivity index (χ2v) is 8.61. The number of anilines is 1. The Morgan fingerprint density at radius 3 is 2.64 bits per heavy atom. The van der Waals surface area contributed by atoms with Gasteiger partial charge in [0.05, 0.1) is 4.92 Å². The summed E-state index contributed by atoms with van der Waals surface area (Å²) in [6.45, 7) is 4.89. The minimum Gasteiger partial charge on any atom is -0.369 e. The zero-order valence-corrected chi connectivity index (χ0v) is 15.4. The van der Waals surface area contributed by atoms with Gasteiger partial charge < -0.3 is 10.2 Å². The van der Waals surface area contributed by atoms with Crippen molar-refractivity contribution < 1.29 is 18.1 Å². The van der Waals surface area contributed by atoms with Gasteiger partial charge in [-0.2, -0.15) is 0 Å². The van der Waals surface area contributed by atoms with Gasteiger partial charge in [-0.3, -0.25) is 14.9 Å². The summed E-state index contributed by atoms with van der Waals surface area (Å²) in [4.78, 5) is 23.9. The first kappa shape index (κ1) is 19.2. The Hall–Kier alpha value is -2.16. The third-order valence-electron chi connectivity index (χ3n) is 4.20. The molecule has 1 saturated heterocycles. The normalized spacial score (nSPS) is 18.2. The smallest absolute Gasteiger partial charge is 0.288 e. The molecule has 1 aromatic carbocycles. The molecule has 1 amide bonds. The summed E-state index contributed by atoms with van der Waals surface area (Å²) in [5.41, 5.74) is 0.183. The minimum absolute atomic E-state index is 0.0209. The molecule has 25 heavy (non-hydrogen) atoms. The van der Waals surface area contributed by atoms with Crippen LogP contribution >= 0.6 is 0 Å². The summed E-state index contributed by atoms with van der Waals surface area (Å²) in [6.07, 6.45) is 2.65. The van der Waals surface area contributed by atoms with Crippen molar-refractivity contribution in [2.24, 2.45) is 5.92 Å². The van der Waals surface area contributed by atoms with Gasteiger partial charge in [0.2, 0.25) is 5.91 Å². The van der Waals surface area contributed by atoms with Crippen molar-refractivity contribution in [1.82, 2.24) is 5.32 Å². The number of carbonyl (C=O) groups excluding carboxylic acids is 1. The first-order valence-electron chi connectivity index (χ1n) is 8.13. The van der Waals surface area contributed by atoms with Crippen LogP contribution in [0.3, 0.4) is 0 Å². The quantitative estimate of drug-likeness (QED) is 0.625. The molecule has 1 fully saturated rings. The van der Waals surface area contributed by atoms with Crippen LogP contribution < -0.4 is 10.2 Å². The molecule has 1 atom stereocenters. The highest BCUT2D eigenvalue weighted by Crippen LogP contribution is 2.30. The Morgan fingerprint density at radius 2 is 2.08 bits per heavy atom. The van der Waals surface area contributed by atoms with E-state index in [4.69, 9.17) is 0 Å². The Kier molecular flexibility index (Phi) is 5.66. The van der Waals surface area contributed by atoms with Gasteiger partial charge in [-0.25, -0.2) is 8.42 Å². The molecular weight excluding hydrogens is 346 g/mol. The molecule has 8 nitrogen and oxygen atoms in total. The van der Waals surface area contributed by atoms with Crippen molar-refractivity contribution in [1.29, 1.82) is 0 Å². The molecule has 9 heteroatoms. The van der Waals surface area contributed by atoms with Gasteiger partial charge in [0.25, 0.3) is 5.69 Å². The average Bonchev–Trinajstić information content (AvgIpc) is 2.53. The van der Waals surface area contributed by atoms with Gasteiger partial charge in [-0.15, -0.1) is 0 Å². The number of amides is 1. The molecule has 0 radical (unpaired) electrons. The van der Waals surface area contributed by atoms with Gasteiger partial charge in [0.1, 0.15) is 4.90 Å². The van der Waals surface area contributed by atoms with E-state index in [9.17, 15) is 23.3 Å². The van der Waals surface area contributed by atoms with E-state index in [0.29, 0.717) is 18.8 Å². The van der Waals surface area contributed by atoms with E-state index in [-0.39, 0.29) is 22.8 Å². The van der Waals surface area contributed by atoms with Gasteiger partial charge in [0, 0.05) is 43.1 Å². The lowest BCUT2D eigenvalue weighted by Crippen LogP contribution is -2.48. The Labute approximate surface area is 147 Å². The number of nitro benzene ring substituents is 1. The fraction of sp³-hybridized carbons (Fsp3) is 0.562. The topological polar surface area (TPSA) is 110 Å². The van der Waals surface area contributed by atoms with Crippen molar-refractivity contribution in [3.63, 3.8) is 0 Å². The van der Waals surface area contributed by atoms with Crippen molar-refractivity contribution in [2.45, 2.75) is 37.6 Å². The summed E-state index contributed by atoms with van der Waals surface area (Å²) in [5.74, 6) is -0.126. The lowest BCUT2D eigenvalue weighted by molar-refractivity contribution is -0.387. The number of nitro groups is 1. The van der Waals surface area contributed by atoms with E-state index in [1.165, 1.54) is 12.1 Å². The molecule has 138 valence electrons. The predicted octanol–water partition coefficient (Wildman–Crippen LogP) is 1.74. The van der Waals surface area contributed by atoms with Gasteiger partial charge in [0.15, 0.2) is 9.84 Å². The minimum atomic E-state index is -3.72. The second-order valence-electron chi connectivity index (χ2n) is 6.63. The molecule has 1 aliphatic heterocycles. The monoisotopic (exact) mass is 369 g/mol. The second kappa shape index (κ2) is 7.38. The molecule has 0 spiro atoms. The molecule has 1 heterocycles. The number of nitrogens with zero attached hydrogens (tertiary/aromatic N) is 2. The number of carbonyl (C=O) groups is 1. The highest BCUT2D eigenvalue weighted by Gasteiger charge is 2.26. The Balaban J connectivity index is 2.26. The predicted molar refractivity (Wildman–Crippen MR) is 94.4 cm³/mol. The molecule has 0 aromatic heterocycles. The number of hydrogen-bond acceptors (Lipinski definition) is 6. The lowest BCUT2D eigenvalue weighted by atomic mass is 10.0. The highest BCUT2D eigenvalue weighted by atomic mass is 32.2. The van der Waals surface area contributed by atoms with Crippen LogP contribution in [0.5, 0.6) is 0 Å². The number of rotatable bonds is 5. The van der Waals surface area contributed by atoms with Gasteiger partial charge >= 0.3 is 0 Å². The summed E-state index contributed by atoms with van der Waals surface area (Å²) in [6, 6.07) is 4.10. The van der Waals surface area contributed by atoms with Crippen molar-refractivity contribution in [3.8, 4) is 0 Å². The van der Waals surface area contributed by atoms with Crippen LogP contribution in [-0.4, -0.2) is 44.6 Å². The maximum Gasteiger partial charge on any atom is 0.288 e. The molecule has 1 aliphatic rings. The number of piperidine rings is 1. The molecule has 0 aliphatic carbocycles. The molecule has 0 bridgehead atoms. The van der Waals surface area contributed by atoms with Gasteiger partial charge in [-0.1, -0.05) is 13.8 Å². The maximum atomic E-state index is 11.9. The number of sulfone groups is 1. The molecule has 2 rings (SSSR count). The first-order chi connectivity index (χ1) is 11.6. The standard InChI is InChI=1S/C16H23N3O5S/c1-11(2)16(20)17-12-5-4-8-18(10-12)13-6-7-14(19(21)22)15(9-13)25(3,23)24/h6-7,9,11-12H,4-5,8,10H2,1-3H3,(H,17,20). The van der Waals surface area contributed by atoms with Crippen molar-refractivity contribution >= 4 is 27.1 Å². The van der Waals surface area contributed by atoms with Crippen molar-refractivity contribution in [3.05, 3.63) is 28.3 Å². The largest absolute Gasteiger partial charge is 0.369 e. The van der Waals surface area contributed by atoms with Gasteiger partial charge in [-0.05, 0) is 25.0 Å². The Morgan fingerprint density at radius 1 is 1.40 bits per heavy atom. The van der Waals surface area contributed by atoms with Crippen LogP contribution in [0.1, 0.15) is 26.7 Å². The molecular formula is C16H23N3O5S. The summed E-state index contributed by atoms with van der Waals surface area (Å²) < 4.78 is 23.8. The molecule has 1 N–H and O–H groups in total. The van der Waals surface area contributed by atoms with Crippen LogP contribution in [0.25, 0.3) is 0 Å². The average molecular weight is 369 g/mol. The van der Waals surface area contributed by atoms with Crippen LogP contribution in [-0.2, 0) is 14.6 Å². The van der Waals surface area contributed by atoms with E-state index in [0.717, 1.165) is 19.1 Å². The summed E-state index contributed by atoms with van der Waals surface area (Å²) in [7, 11) is -3.72. The van der Waals surface area contributed by atoms with Crippen LogP contribution in [0, 0.1) is 16.0 Å². The molecule has 0 saturated carbocycles. The summed E-state index contributed by atoms with van der Waals surface area (Å²) in [5, 5.41) is 14.1. The third-order valence-corrected chi connectivity index (χ3v) is 5.32. The van der Waals surface area contributed by atoms with Crippen LogP contribution in [0.2, 0.25) is 0 Å². The fourth-order valence-corrected chi connectivity index (χ4v) is 3.70. The summed E-state index contributed by atoms with van der Waals surface area (Å²) >= 11 is 0. The van der Waals surface area contributed by atoms with E-state index >= 15 is 0 Å². The fourth-order valence-electron chi connectivity index (χ4n) is 2.84.